The highest BCUT2D eigenvalue weighted by molar-refractivity contribution is 5.71. The van der Waals surface area contributed by atoms with E-state index in [1.54, 1.807) is 7.11 Å². The highest BCUT2D eigenvalue weighted by atomic mass is 16.5. The lowest BCUT2D eigenvalue weighted by Crippen LogP contribution is -2.37. The van der Waals surface area contributed by atoms with E-state index in [0.717, 1.165) is 29.7 Å². The van der Waals surface area contributed by atoms with E-state index in [4.69, 9.17) is 18.9 Å². The van der Waals surface area contributed by atoms with Crippen LogP contribution in [0.15, 0.2) is 18.2 Å². The van der Waals surface area contributed by atoms with Gasteiger partial charge in [0.1, 0.15) is 5.75 Å². The van der Waals surface area contributed by atoms with Gasteiger partial charge in [0.25, 0.3) is 0 Å². The van der Waals surface area contributed by atoms with Crippen LogP contribution in [0.1, 0.15) is 11.1 Å². The number of hydrogen-bond acceptors (Lipinski definition) is 8. The Kier molecular flexibility index (Phi) is 9.90. The molecule has 2 bridgehead atoms. The normalized spacial score (nSPS) is 17.2. The van der Waals surface area contributed by atoms with Crippen molar-refractivity contribution >= 4 is 11.9 Å². The van der Waals surface area contributed by atoms with Gasteiger partial charge in [-0.1, -0.05) is 18.2 Å². The summed E-state index contributed by atoms with van der Waals surface area (Å²) in [6, 6.07) is 6.12. The standard InChI is InChI=1S/C21H32N2O6/c1-26-19(24)15-22-9-7-17-5-4-6-18(21(17)28-3)8-10-23(16-20(25)27-2)12-14-29-13-11-22/h4-6H,7-16H2,1-3H3. The van der Waals surface area contributed by atoms with Crippen molar-refractivity contribution in [2.24, 2.45) is 0 Å². The van der Waals surface area contributed by atoms with Crippen molar-refractivity contribution < 1.29 is 28.5 Å². The van der Waals surface area contributed by atoms with Gasteiger partial charge in [-0.25, -0.2) is 0 Å². The first-order chi connectivity index (χ1) is 14.1. The van der Waals surface area contributed by atoms with Gasteiger partial charge in [-0.15, -0.1) is 0 Å². The average molecular weight is 408 g/mol. The van der Waals surface area contributed by atoms with Crippen molar-refractivity contribution in [1.29, 1.82) is 0 Å². The molecule has 0 spiro atoms. The molecular weight excluding hydrogens is 376 g/mol. The maximum absolute atomic E-state index is 11.7. The van der Waals surface area contributed by atoms with Crippen LogP contribution in [0.5, 0.6) is 5.75 Å². The predicted molar refractivity (Wildman–Crippen MR) is 108 cm³/mol. The first-order valence-electron chi connectivity index (χ1n) is 9.88. The molecule has 0 unspecified atom stereocenters. The van der Waals surface area contributed by atoms with Gasteiger partial charge in [0.2, 0.25) is 0 Å². The van der Waals surface area contributed by atoms with E-state index in [-0.39, 0.29) is 25.0 Å². The number of para-hydroxylation sites is 1. The van der Waals surface area contributed by atoms with Crippen molar-refractivity contribution in [3.63, 3.8) is 0 Å². The van der Waals surface area contributed by atoms with Crippen LogP contribution in [-0.2, 0) is 36.6 Å². The van der Waals surface area contributed by atoms with Crippen LogP contribution in [0.25, 0.3) is 0 Å². The number of carbonyl (C=O) groups is 2. The van der Waals surface area contributed by atoms with Gasteiger partial charge in [-0.3, -0.25) is 19.4 Å². The Labute approximate surface area is 172 Å². The zero-order valence-electron chi connectivity index (χ0n) is 17.6. The molecular formula is C21H32N2O6. The summed E-state index contributed by atoms with van der Waals surface area (Å²) in [6.45, 7) is 4.08. The first kappa shape index (κ1) is 23.1. The molecule has 8 nitrogen and oxygen atoms in total. The Bertz CT molecular complexity index is 616. The first-order valence-corrected chi connectivity index (χ1v) is 9.88. The largest absolute Gasteiger partial charge is 0.496 e. The molecule has 8 heteroatoms. The maximum atomic E-state index is 11.7. The molecule has 0 fully saturated rings. The Balaban J connectivity index is 2.19. The summed E-state index contributed by atoms with van der Waals surface area (Å²) in [6.07, 6.45) is 1.50. The molecule has 0 atom stereocenters. The van der Waals surface area contributed by atoms with E-state index in [0.29, 0.717) is 39.4 Å². The van der Waals surface area contributed by atoms with E-state index in [2.05, 4.69) is 0 Å². The van der Waals surface area contributed by atoms with Crippen molar-refractivity contribution in [2.75, 3.05) is 73.8 Å². The van der Waals surface area contributed by atoms with Gasteiger partial charge < -0.3 is 18.9 Å². The molecule has 0 radical (unpaired) electrons. The fourth-order valence-corrected chi connectivity index (χ4v) is 3.37. The molecule has 1 aliphatic heterocycles. The van der Waals surface area contributed by atoms with Crippen molar-refractivity contribution in [2.45, 2.75) is 12.8 Å². The third-order valence-corrected chi connectivity index (χ3v) is 5.04. The van der Waals surface area contributed by atoms with Crippen LogP contribution in [-0.4, -0.2) is 95.6 Å². The number of ether oxygens (including phenoxy) is 4. The third kappa shape index (κ3) is 7.64. The second-order valence-corrected chi connectivity index (χ2v) is 6.93. The summed E-state index contributed by atoms with van der Waals surface area (Å²) in [5, 5.41) is 0. The summed E-state index contributed by atoms with van der Waals surface area (Å²) in [5.41, 5.74) is 2.19. The van der Waals surface area contributed by atoms with Crippen molar-refractivity contribution in [3.8, 4) is 5.75 Å². The van der Waals surface area contributed by atoms with Gasteiger partial charge in [-0.2, -0.15) is 0 Å². The molecule has 0 amide bonds. The molecule has 0 aromatic heterocycles. The molecule has 1 heterocycles. The van der Waals surface area contributed by atoms with Crippen LogP contribution >= 0.6 is 0 Å². The lowest BCUT2D eigenvalue weighted by molar-refractivity contribution is -0.142. The minimum atomic E-state index is -0.268. The van der Waals surface area contributed by atoms with Gasteiger partial charge in [0.15, 0.2) is 0 Å². The topological polar surface area (TPSA) is 77.5 Å². The maximum Gasteiger partial charge on any atom is 0.319 e. The third-order valence-electron chi connectivity index (χ3n) is 5.04. The second kappa shape index (κ2) is 12.4. The lowest BCUT2D eigenvalue weighted by Gasteiger charge is -2.25. The van der Waals surface area contributed by atoms with E-state index in [9.17, 15) is 9.59 Å². The molecule has 1 aliphatic rings. The van der Waals surface area contributed by atoms with Crippen molar-refractivity contribution in [1.82, 2.24) is 9.80 Å². The zero-order chi connectivity index (χ0) is 21.1. The molecule has 1 aromatic rings. The van der Waals surface area contributed by atoms with Crippen LogP contribution in [0.4, 0.5) is 0 Å². The number of nitrogens with zero attached hydrogens (tertiary/aromatic N) is 2. The van der Waals surface area contributed by atoms with E-state index in [1.807, 2.05) is 28.0 Å². The summed E-state index contributed by atoms with van der Waals surface area (Å²) < 4.78 is 21.1. The van der Waals surface area contributed by atoms with E-state index >= 15 is 0 Å². The molecule has 162 valence electrons. The summed E-state index contributed by atoms with van der Waals surface area (Å²) in [7, 11) is 4.47. The van der Waals surface area contributed by atoms with Gasteiger partial charge in [-0.05, 0) is 24.0 Å². The molecule has 1 aromatic carbocycles. The predicted octanol–water partition coefficient (Wildman–Crippen LogP) is 0.760. The number of carbonyl (C=O) groups excluding carboxylic acids is 2. The van der Waals surface area contributed by atoms with E-state index < -0.39 is 0 Å². The number of hydrogen-bond donors (Lipinski definition) is 0. The van der Waals surface area contributed by atoms with Crippen LogP contribution < -0.4 is 4.74 Å². The minimum Gasteiger partial charge on any atom is -0.496 e. The van der Waals surface area contributed by atoms with Gasteiger partial charge >= 0.3 is 11.9 Å². The number of methoxy groups -OCH3 is 3. The Morgan fingerprint density at radius 1 is 0.862 bits per heavy atom. The van der Waals surface area contributed by atoms with E-state index in [1.165, 1.54) is 14.2 Å². The summed E-state index contributed by atoms with van der Waals surface area (Å²) in [4.78, 5) is 27.5. The van der Waals surface area contributed by atoms with Crippen LogP contribution in [0, 0.1) is 0 Å². The number of rotatable bonds is 5. The molecule has 0 aliphatic carbocycles. The smallest absolute Gasteiger partial charge is 0.319 e. The SMILES string of the molecule is COC(=O)CN1CCOCCN(CC(=O)OC)CCc2cccc(c2OC)CC1. The summed E-state index contributed by atoms with van der Waals surface area (Å²) in [5.74, 6) is 0.337. The highest BCUT2D eigenvalue weighted by Gasteiger charge is 2.17. The lowest BCUT2D eigenvalue weighted by atomic mass is 10.0. The van der Waals surface area contributed by atoms with Crippen LogP contribution in [0.3, 0.4) is 0 Å². The van der Waals surface area contributed by atoms with Gasteiger partial charge in [0.05, 0.1) is 47.6 Å². The molecule has 0 saturated heterocycles. The fraction of sp³-hybridized carbons (Fsp3) is 0.619. The summed E-state index contributed by atoms with van der Waals surface area (Å²) >= 11 is 0. The quantitative estimate of drug-likeness (QED) is 0.661. The highest BCUT2D eigenvalue weighted by Crippen LogP contribution is 2.25. The molecule has 0 N–H and O–H groups in total. The number of benzene rings is 1. The minimum absolute atomic E-state index is 0.219. The number of esters is 2. The molecule has 0 saturated carbocycles. The average Bonchev–Trinajstić information content (AvgIpc) is 2.73. The monoisotopic (exact) mass is 408 g/mol. The second-order valence-electron chi connectivity index (χ2n) is 6.93. The zero-order valence-corrected chi connectivity index (χ0v) is 17.6. The Morgan fingerprint density at radius 2 is 1.34 bits per heavy atom. The Morgan fingerprint density at radius 3 is 1.76 bits per heavy atom. The van der Waals surface area contributed by atoms with Crippen molar-refractivity contribution in [3.05, 3.63) is 29.3 Å². The number of fused-ring (bicyclic) bond motifs is 2. The van der Waals surface area contributed by atoms with Gasteiger partial charge in [0, 0.05) is 26.2 Å². The fourth-order valence-electron chi connectivity index (χ4n) is 3.37. The molecule has 2 rings (SSSR count). The molecule has 29 heavy (non-hydrogen) atoms. The Hall–Kier alpha value is -2.16. The van der Waals surface area contributed by atoms with Crippen LogP contribution in [0.2, 0.25) is 0 Å².